The van der Waals surface area contributed by atoms with Crippen LogP contribution in [0.1, 0.15) is 132 Å². The van der Waals surface area contributed by atoms with Crippen LogP contribution in [0.15, 0.2) is 405 Å². The number of nitrogens with one attached hydrogen (secondary N) is 2. The fourth-order valence-corrected chi connectivity index (χ4v) is 23.8. The van der Waals surface area contributed by atoms with Crippen LogP contribution < -0.4 is 131 Å². The Morgan fingerprint density at radius 3 is 0.657 bits per heavy atom. The predicted molar refractivity (Wildman–Crippen MR) is 593 cm³/mol. The van der Waals surface area contributed by atoms with Crippen molar-refractivity contribution in [3.05, 3.63) is 425 Å². The van der Waals surface area contributed by atoms with E-state index in [-0.39, 0.29) is 117 Å². The third-order valence-electron chi connectivity index (χ3n) is 23.1. The molecule has 3 heterocycles. The minimum Gasteiger partial charge on any atom is -0.542 e. The summed E-state index contributed by atoms with van der Waals surface area (Å²) >= 11 is 3.18. The first-order chi connectivity index (χ1) is 67.0. The molecule has 3 saturated heterocycles. The van der Waals surface area contributed by atoms with Gasteiger partial charge in [-0.05, 0) is 244 Å². The molecule has 0 bridgehead atoms. The fourth-order valence-electron chi connectivity index (χ4n) is 14.2. The number of anilines is 2. The number of benzene rings is 14. The number of hydrogen-bond acceptors (Lipinski definition) is 15. The molecular formula is C114H125B3BrKN4O15P4Pd. The van der Waals surface area contributed by atoms with Crippen molar-refractivity contribution in [2.75, 3.05) is 10.6 Å². The third kappa shape index (κ3) is 35.7. The minimum atomic E-state index is -0.772. The number of nitro groups is 2. The second-order valence-electron chi connectivity index (χ2n) is 37.6. The number of ether oxygens (including phenoxy) is 2. The molecule has 19 nitrogen and oxygen atoms in total. The monoisotopic (exact) mass is 2170 g/mol. The summed E-state index contributed by atoms with van der Waals surface area (Å²) < 4.78 is 46.6. The van der Waals surface area contributed by atoms with Crippen LogP contribution >= 0.6 is 47.6 Å². The molecule has 143 heavy (non-hydrogen) atoms. The number of rotatable bonds is 18. The quantitative estimate of drug-likeness (QED) is 0.0267. The van der Waals surface area contributed by atoms with E-state index in [1.54, 1.807) is 47.6 Å². The Labute approximate surface area is 915 Å². The van der Waals surface area contributed by atoms with E-state index in [9.17, 15) is 29.8 Å². The van der Waals surface area contributed by atoms with Crippen LogP contribution in [0.3, 0.4) is 0 Å². The van der Waals surface area contributed by atoms with E-state index in [1.165, 1.54) is 107 Å². The molecule has 2 N–H and O–H groups in total. The van der Waals surface area contributed by atoms with Crippen molar-refractivity contribution in [3.8, 4) is 0 Å². The molecule has 0 saturated carbocycles. The van der Waals surface area contributed by atoms with E-state index >= 15 is 0 Å². The summed E-state index contributed by atoms with van der Waals surface area (Å²) in [6, 6.07) is 138. The Morgan fingerprint density at radius 1 is 0.315 bits per heavy atom. The van der Waals surface area contributed by atoms with Crippen molar-refractivity contribution in [1.29, 1.82) is 0 Å². The van der Waals surface area contributed by atoms with Crippen molar-refractivity contribution in [3.63, 3.8) is 0 Å². The average Bonchev–Trinajstić information content (AvgIpc) is 1.60. The second kappa shape index (κ2) is 55.9. The second-order valence-corrected chi connectivity index (χ2v) is 47.4. The summed E-state index contributed by atoms with van der Waals surface area (Å²) in [4.78, 5) is 53.2. The standard InChI is InChI=1S/4C18H15P.C17H25BN2O6.C12H24B2O4.C11H13BrN2O4.C2H3O.K.Pd/c4*1-4-10-16(11-5-1)19(17-12-6-2-7-13-17)18-14-8-3-9-15-18;1-15(2,3)24-14(21)19-12-10-11(8-9-13(12)20(22)23)18-25-16(4,5)17(6,7)26-18;1-9(2)10(3,4)16-13(15-9)14-17-11(5,6)12(7,8)18-14;1-11(2,3)18-10(15)13-8-6-7(12)4-5-9(8)14(16)17;1-2-3;;/h4*1-15H;8-10H,1-7H3,(H,19,21);1-8H3;4-6H,1-3H3,(H,13,15);1H3;;/q;;;;;;;-1;+1;. The summed E-state index contributed by atoms with van der Waals surface area (Å²) in [6.07, 6.45) is -0.00429. The van der Waals surface area contributed by atoms with Crippen molar-refractivity contribution >= 4 is 179 Å². The Hall–Kier alpha value is -9.46. The predicted octanol–water partition coefficient (Wildman–Crippen LogP) is 20.1. The first-order valence-corrected chi connectivity index (χ1v) is 52.6. The molecule has 0 radical (unpaired) electrons. The fraction of sp³-hybridized carbons (Fsp3) is 0.237. The molecule has 3 aliphatic rings. The molecule has 738 valence electrons. The molecule has 0 atom stereocenters. The third-order valence-corrected chi connectivity index (χ3v) is 33.4. The van der Waals surface area contributed by atoms with Crippen LogP contribution in [0.25, 0.3) is 0 Å². The molecule has 3 aliphatic heterocycles. The van der Waals surface area contributed by atoms with Gasteiger partial charge in [-0.15, -0.1) is 0 Å². The van der Waals surface area contributed by atoms with E-state index in [4.69, 9.17) is 42.2 Å². The summed E-state index contributed by atoms with van der Waals surface area (Å²) in [5.74, 6) is 0. The van der Waals surface area contributed by atoms with Crippen LogP contribution in [0.2, 0.25) is 0 Å². The van der Waals surface area contributed by atoms with Gasteiger partial charge in [-0.1, -0.05) is 386 Å². The van der Waals surface area contributed by atoms with Gasteiger partial charge < -0.3 is 42.2 Å². The van der Waals surface area contributed by atoms with Crippen LogP contribution in [-0.2, 0) is 62.6 Å². The average molecular weight is 2170 g/mol. The van der Waals surface area contributed by atoms with Crippen LogP contribution in [0.4, 0.5) is 32.3 Å². The minimum absolute atomic E-state index is 0. The van der Waals surface area contributed by atoms with Gasteiger partial charge >= 0.3 is 84.7 Å². The van der Waals surface area contributed by atoms with Crippen LogP contribution in [0, 0.1) is 20.2 Å². The largest absolute Gasteiger partial charge is 1.00 e. The number of hydrogen-bond donors (Lipinski definition) is 2. The van der Waals surface area contributed by atoms with Gasteiger partial charge in [0, 0.05) is 37.0 Å². The van der Waals surface area contributed by atoms with Crippen molar-refractivity contribution in [2.24, 2.45) is 0 Å². The zero-order chi connectivity index (χ0) is 102. The summed E-state index contributed by atoms with van der Waals surface area (Å²) in [5.41, 5.74) is -3.66. The van der Waals surface area contributed by atoms with E-state index in [2.05, 4.69) is 391 Å². The van der Waals surface area contributed by atoms with Gasteiger partial charge in [0.05, 0.1) is 43.5 Å². The molecule has 17 rings (SSSR count). The Bertz CT molecular complexity index is 5320. The van der Waals surface area contributed by atoms with Gasteiger partial charge in [0.15, 0.2) is 0 Å². The molecule has 14 aromatic rings. The smallest absolute Gasteiger partial charge is 0.542 e. The molecular weight excluding hydrogens is 2050 g/mol. The number of nitro benzene ring substituents is 2. The molecule has 14 aromatic carbocycles. The Morgan fingerprint density at radius 2 is 0.483 bits per heavy atom. The summed E-state index contributed by atoms with van der Waals surface area (Å²) in [7, 11) is -3.43. The van der Waals surface area contributed by atoms with Gasteiger partial charge in [-0.3, -0.25) is 37.1 Å². The first kappa shape index (κ1) is 119. The topological polar surface area (TPSA) is 235 Å². The van der Waals surface area contributed by atoms with Gasteiger partial charge in [-0.25, -0.2) is 9.59 Å². The maximum Gasteiger partial charge on any atom is 1.00 e. The summed E-state index contributed by atoms with van der Waals surface area (Å²) in [5, 5.41) is 43.6. The molecule has 2 amide bonds. The molecule has 29 heteroatoms. The normalized spacial score (nSPS) is 14.5. The Balaban J connectivity index is 0.000000203. The van der Waals surface area contributed by atoms with Gasteiger partial charge in [0.1, 0.15) is 22.6 Å². The molecule has 0 aromatic heterocycles. The maximum atomic E-state index is 12.0. The number of nitrogens with zero attached hydrogens (tertiary/aromatic N) is 2. The zero-order valence-corrected chi connectivity index (χ0v) is 94.7. The van der Waals surface area contributed by atoms with Gasteiger partial charge in [-0.2, -0.15) is 6.92 Å². The molecule has 3 fully saturated rings. The van der Waals surface area contributed by atoms with E-state index in [0.29, 0.717) is 9.94 Å². The number of halogens is 1. The number of carbonyl (C=O) groups is 2. The number of amides is 2. The maximum absolute atomic E-state index is 12.0. The van der Waals surface area contributed by atoms with E-state index in [0.717, 1.165) is 0 Å². The summed E-state index contributed by atoms with van der Waals surface area (Å²) in [6.45, 7) is 35.4. The molecule has 0 unspecified atom stereocenters. The molecule has 0 spiro atoms. The van der Waals surface area contributed by atoms with Gasteiger partial charge in [0.2, 0.25) is 0 Å². The van der Waals surface area contributed by atoms with E-state index in [1.807, 2.05) is 83.1 Å². The van der Waals surface area contributed by atoms with Crippen molar-refractivity contribution < 1.29 is 133 Å². The van der Waals surface area contributed by atoms with E-state index < -0.39 is 97.3 Å². The zero-order valence-electron chi connectivity index (χ0n) is 84.8. The van der Waals surface area contributed by atoms with Gasteiger partial charge in [0.25, 0.3) is 11.4 Å². The van der Waals surface area contributed by atoms with Crippen molar-refractivity contribution in [2.45, 2.75) is 176 Å². The molecule has 0 aliphatic carbocycles. The number of carbonyl (C=O) groups excluding carboxylic acids is 3. The SMILES string of the molecule is CC(C)(C)OC(=O)Nc1cc(B2OC(C)(C)C(C)(C)O2)ccc1[N+](=O)[O-].CC(C)(C)OC(=O)Nc1cc(Br)ccc1[N+](=O)[O-].CC1(C)OB(B2OC(C)(C)C(C)(C)O2)OC1(C)C.C[C-]=O.[K+].[Pd].c1ccc(P(c2ccccc2)c2ccccc2)cc1.c1ccc(P(c2ccccc2)c2ccccc2)cc1.c1ccc(P(c2ccccc2)c2ccccc2)cc1.c1ccc(P(c2ccccc2)c2ccccc2)cc1. The Kier molecular flexibility index (Phi) is 46.4. The van der Waals surface area contributed by atoms with Crippen LogP contribution in [0.5, 0.6) is 0 Å². The van der Waals surface area contributed by atoms with Crippen LogP contribution in [-0.4, -0.2) is 94.3 Å². The van der Waals surface area contributed by atoms with Crippen molar-refractivity contribution in [1.82, 2.24) is 0 Å². The first-order valence-electron chi connectivity index (χ1n) is 46.4.